The minimum absolute atomic E-state index is 0.00420. The summed E-state index contributed by atoms with van der Waals surface area (Å²) in [5, 5.41) is 3.80. The predicted molar refractivity (Wildman–Crippen MR) is 184 cm³/mol. The Morgan fingerprint density at radius 3 is 2.18 bits per heavy atom. The zero-order valence-corrected chi connectivity index (χ0v) is 31.0. The van der Waals surface area contributed by atoms with Crippen LogP contribution in [0.15, 0.2) is 24.5 Å². The van der Waals surface area contributed by atoms with E-state index in [1.807, 2.05) is 24.5 Å². The quantitative estimate of drug-likeness (QED) is 0.218. The van der Waals surface area contributed by atoms with Gasteiger partial charge < -0.3 is 18.9 Å². The average Bonchev–Trinajstić information content (AvgIpc) is 3.56. The number of hydrogen-bond donors (Lipinski definition) is 1. The highest BCUT2D eigenvalue weighted by Gasteiger charge is 2.43. The van der Waals surface area contributed by atoms with Gasteiger partial charge in [-0.1, -0.05) is 52.9 Å². The molecule has 2 aliphatic carbocycles. The summed E-state index contributed by atoms with van der Waals surface area (Å²) in [6.45, 7) is 23.0. The number of aromatic nitrogens is 3. The molecule has 8 nitrogen and oxygen atoms in total. The normalized spacial score (nSPS) is 19.9. The molecule has 1 N–H and O–H groups in total. The molecule has 2 aliphatic rings. The van der Waals surface area contributed by atoms with Gasteiger partial charge in [-0.25, -0.2) is 15.0 Å². The number of carbonyl (C=O) groups is 1. The van der Waals surface area contributed by atoms with Gasteiger partial charge in [-0.15, -0.1) is 0 Å². The highest BCUT2D eigenvalue weighted by atomic mass is 32.1. The Morgan fingerprint density at radius 1 is 0.932 bits per heavy atom. The van der Waals surface area contributed by atoms with Gasteiger partial charge in [0.05, 0.1) is 22.4 Å². The van der Waals surface area contributed by atoms with E-state index in [0.717, 1.165) is 59.2 Å². The van der Waals surface area contributed by atoms with Crippen molar-refractivity contribution in [3.63, 3.8) is 0 Å². The summed E-state index contributed by atoms with van der Waals surface area (Å²) >= 11 is 1.47. The molecule has 0 saturated heterocycles. The van der Waals surface area contributed by atoms with E-state index in [1.165, 1.54) is 11.3 Å². The number of fused-ring (bicyclic) bond motifs is 1. The molecule has 44 heavy (non-hydrogen) atoms. The minimum atomic E-state index is -2.21. The van der Waals surface area contributed by atoms with Crippen LogP contribution < -0.4 is 9.74 Å². The van der Waals surface area contributed by atoms with E-state index >= 15 is 0 Å². The number of hydrogen-bond acceptors (Lipinski definition) is 8. The molecular weight excluding hydrogens is 605 g/mol. The second-order valence-electron chi connectivity index (χ2n) is 15.5. The standard InChI is InChI=1S/C33H50N4O4SSi2/c1-32(2,3)43(7,8)40-26-13-11-12-25(26)39-20-27-34-18-22(19-35-27)23-16-17-24-29(28(23)41-44(9,10)33(4,5)6)42-31(36-24)37-30(38)21-14-15-21/h16-19,21,25-26H,11-15,20H2,1-10H3,(H,36,37,38)/t25-,26?/m0/s1. The van der Waals surface area contributed by atoms with Gasteiger partial charge in [0, 0.05) is 29.4 Å². The molecule has 1 unspecified atom stereocenters. The predicted octanol–water partition coefficient (Wildman–Crippen LogP) is 8.95. The van der Waals surface area contributed by atoms with Crippen molar-refractivity contribution < 1.29 is 18.4 Å². The first-order valence-electron chi connectivity index (χ1n) is 16.0. The van der Waals surface area contributed by atoms with Crippen LogP contribution in [0.5, 0.6) is 5.75 Å². The first kappa shape index (κ1) is 33.2. The van der Waals surface area contributed by atoms with E-state index in [9.17, 15) is 4.79 Å². The zero-order valence-electron chi connectivity index (χ0n) is 28.2. The molecule has 0 spiro atoms. The number of carbonyl (C=O) groups excluding carboxylic acids is 1. The van der Waals surface area contributed by atoms with Crippen LogP contribution in [0.4, 0.5) is 5.13 Å². The van der Waals surface area contributed by atoms with Crippen LogP contribution in [0.1, 0.15) is 79.5 Å². The maximum atomic E-state index is 12.5. The molecule has 3 aromatic rings. The van der Waals surface area contributed by atoms with E-state index in [-0.39, 0.29) is 34.1 Å². The smallest absolute Gasteiger partial charge is 0.250 e. The summed E-state index contributed by atoms with van der Waals surface area (Å²) in [6.07, 6.45) is 8.99. The lowest BCUT2D eigenvalue weighted by atomic mass is 10.1. The third kappa shape index (κ3) is 7.27. The van der Waals surface area contributed by atoms with Crippen LogP contribution in [0.3, 0.4) is 0 Å². The number of nitrogens with zero attached hydrogens (tertiary/aromatic N) is 3. The van der Waals surface area contributed by atoms with Crippen molar-refractivity contribution in [1.82, 2.24) is 15.0 Å². The summed E-state index contributed by atoms with van der Waals surface area (Å²) in [7, 11) is -4.08. The van der Waals surface area contributed by atoms with Crippen LogP contribution >= 0.6 is 11.3 Å². The Balaban J connectivity index is 1.36. The number of benzene rings is 1. The SMILES string of the molecule is CC(C)(C)[Si](C)(C)Oc1c(-c2cnc(CO[C@H]3CCCC3O[Si](C)(C)C(C)(C)C)nc2)ccc2nc(NC(=O)C3CC3)sc12. The van der Waals surface area contributed by atoms with Crippen molar-refractivity contribution in [2.24, 2.45) is 5.92 Å². The molecule has 2 saturated carbocycles. The topological polar surface area (TPSA) is 95.5 Å². The van der Waals surface area contributed by atoms with Gasteiger partial charge in [-0.2, -0.15) is 0 Å². The van der Waals surface area contributed by atoms with Gasteiger partial charge >= 0.3 is 0 Å². The molecule has 2 aromatic heterocycles. The average molecular weight is 655 g/mol. The van der Waals surface area contributed by atoms with Gasteiger partial charge in [-0.3, -0.25) is 4.79 Å². The number of amides is 1. The second-order valence-corrected chi connectivity index (χ2v) is 26.0. The van der Waals surface area contributed by atoms with Crippen LogP contribution in [-0.4, -0.2) is 49.7 Å². The number of thiazole rings is 1. The summed E-state index contributed by atoms with van der Waals surface area (Å²) in [5.41, 5.74) is 2.62. The van der Waals surface area contributed by atoms with Crippen molar-refractivity contribution in [2.75, 3.05) is 5.32 Å². The maximum absolute atomic E-state index is 12.5. The van der Waals surface area contributed by atoms with Crippen molar-refractivity contribution in [3.05, 3.63) is 30.4 Å². The van der Waals surface area contributed by atoms with Gasteiger partial charge in [0.1, 0.15) is 12.4 Å². The largest absolute Gasteiger partial charge is 0.542 e. The van der Waals surface area contributed by atoms with Crippen molar-refractivity contribution in [1.29, 1.82) is 0 Å². The monoisotopic (exact) mass is 654 g/mol. The van der Waals surface area contributed by atoms with E-state index in [2.05, 4.69) is 73.0 Å². The lowest BCUT2D eigenvalue weighted by Crippen LogP contribution is -2.46. The van der Waals surface area contributed by atoms with Gasteiger partial charge in [0.25, 0.3) is 8.32 Å². The van der Waals surface area contributed by atoms with Crippen molar-refractivity contribution in [3.8, 4) is 16.9 Å². The van der Waals surface area contributed by atoms with E-state index in [0.29, 0.717) is 17.6 Å². The Bertz CT molecular complexity index is 1490. The van der Waals surface area contributed by atoms with E-state index in [1.54, 1.807) is 0 Å². The first-order chi connectivity index (χ1) is 20.4. The Morgan fingerprint density at radius 2 is 1.57 bits per heavy atom. The molecule has 1 aromatic carbocycles. The number of ether oxygens (including phenoxy) is 1. The minimum Gasteiger partial charge on any atom is -0.542 e. The summed E-state index contributed by atoms with van der Waals surface area (Å²) in [4.78, 5) is 26.6. The van der Waals surface area contributed by atoms with E-state index in [4.69, 9.17) is 28.5 Å². The van der Waals surface area contributed by atoms with Crippen LogP contribution in [0.2, 0.25) is 36.3 Å². The molecule has 2 fully saturated rings. The molecule has 0 radical (unpaired) electrons. The third-order valence-corrected chi connectivity index (χ3v) is 19.8. The fraction of sp³-hybridized carbons (Fsp3) is 0.636. The number of anilines is 1. The maximum Gasteiger partial charge on any atom is 0.250 e. The van der Waals surface area contributed by atoms with Crippen LogP contribution in [0, 0.1) is 5.92 Å². The van der Waals surface area contributed by atoms with Crippen LogP contribution in [0.25, 0.3) is 21.3 Å². The first-order valence-corrected chi connectivity index (χ1v) is 22.6. The van der Waals surface area contributed by atoms with Gasteiger partial charge in [0.2, 0.25) is 5.91 Å². The molecule has 2 heterocycles. The molecule has 0 aliphatic heterocycles. The highest BCUT2D eigenvalue weighted by molar-refractivity contribution is 7.22. The molecule has 2 atom stereocenters. The molecular formula is C33H50N4O4SSi2. The molecule has 5 rings (SSSR count). The summed E-state index contributed by atoms with van der Waals surface area (Å²) in [5.74, 6) is 1.62. The zero-order chi connectivity index (χ0) is 32.1. The third-order valence-electron chi connectivity index (χ3n) is 9.94. The lowest BCUT2D eigenvalue weighted by molar-refractivity contribution is -0.117. The fourth-order valence-corrected chi connectivity index (χ4v) is 8.27. The lowest BCUT2D eigenvalue weighted by Gasteiger charge is -2.39. The molecule has 0 bridgehead atoms. The van der Waals surface area contributed by atoms with Gasteiger partial charge in [-0.05, 0) is 80.5 Å². The Labute approximate surface area is 269 Å². The van der Waals surface area contributed by atoms with Gasteiger partial charge in [0.15, 0.2) is 19.3 Å². The molecule has 240 valence electrons. The Kier molecular flexibility index (Phi) is 9.20. The van der Waals surface area contributed by atoms with Crippen molar-refractivity contribution >= 4 is 49.2 Å². The van der Waals surface area contributed by atoms with E-state index < -0.39 is 16.6 Å². The Hall–Kier alpha value is -2.19. The highest BCUT2D eigenvalue weighted by Crippen LogP contribution is 2.46. The fourth-order valence-electron chi connectivity index (χ4n) is 4.83. The van der Waals surface area contributed by atoms with Crippen molar-refractivity contribution in [2.45, 2.75) is 129 Å². The molecule has 1 amide bonds. The number of nitrogens with one attached hydrogen (secondary N) is 1. The number of rotatable bonds is 10. The second kappa shape index (κ2) is 12.2. The molecule has 11 heteroatoms. The summed E-state index contributed by atoms with van der Waals surface area (Å²) in [6, 6.07) is 4.03. The summed E-state index contributed by atoms with van der Waals surface area (Å²) < 4.78 is 21.0. The van der Waals surface area contributed by atoms with Crippen LogP contribution in [-0.2, 0) is 20.6 Å².